The number of methoxy groups -OCH3 is 1. The van der Waals surface area contributed by atoms with Crippen LogP contribution < -0.4 is 0 Å². The summed E-state index contributed by atoms with van der Waals surface area (Å²) in [6.45, 7) is 15.5. The number of hydrogen-bond donors (Lipinski definition) is 1. The van der Waals surface area contributed by atoms with Gasteiger partial charge in [0.15, 0.2) is 0 Å². The van der Waals surface area contributed by atoms with Gasteiger partial charge in [0.25, 0.3) is 0 Å². The third-order valence-corrected chi connectivity index (χ3v) is 12.6. The van der Waals surface area contributed by atoms with E-state index in [4.69, 9.17) is 9.47 Å². The first-order valence-corrected chi connectivity index (χ1v) is 18.9. The normalized spacial score (nSPS) is 39.2. The molecular weight excluding hydrogens is 620 g/mol. The third kappa shape index (κ3) is 8.38. The highest BCUT2D eigenvalue weighted by Gasteiger charge is 2.61. The first-order chi connectivity index (χ1) is 22.9. The smallest absolute Gasteiger partial charge is 0.313 e. The van der Waals surface area contributed by atoms with Crippen molar-refractivity contribution in [1.82, 2.24) is 0 Å². The second kappa shape index (κ2) is 15.8. The van der Waals surface area contributed by atoms with E-state index in [1.165, 1.54) is 7.11 Å². The molecule has 4 rings (SSSR count). The summed E-state index contributed by atoms with van der Waals surface area (Å²) in [5, 5.41) is 11.7. The molecule has 0 radical (unpaired) electrons. The minimum absolute atomic E-state index is 0.0391. The molecule has 0 aromatic rings. The van der Waals surface area contributed by atoms with Crippen LogP contribution in [0, 0.1) is 46.8 Å². The van der Waals surface area contributed by atoms with Crippen LogP contribution in [0.5, 0.6) is 0 Å². The highest BCUT2D eigenvalue weighted by molar-refractivity contribution is 5.97. The van der Waals surface area contributed by atoms with E-state index >= 15 is 0 Å². The van der Waals surface area contributed by atoms with Gasteiger partial charge in [-0.15, -0.1) is 0 Å². The van der Waals surface area contributed by atoms with E-state index in [1.807, 2.05) is 54.5 Å². The van der Waals surface area contributed by atoms with E-state index in [1.54, 1.807) is 6.92 Å². The number of ether oxygens (including phenoxy) is 2. The van der Waals surface area contributed by atoms with Gasteiger partial charge in [-0.05, 0) is 70.3 Å². The van der Waals surface area contributed by atoms with Gasteiger partial charge in [-0.3, -0.25) is 24.0 Å². The maximum absolute atomic E-state index is 14.7. The molecule has 0 amide bonds. The lowest BCUT2D eigenvalue weighted by Gasteiger charge is -2.49. The predicted molar refractivity (Wildman–Crippen MR) is 188 cm³/mol. The van der Waals surface area contributed by atoms with Gasteiger partial charge in [0.1, 0.15) is 23.1 Å². The van der Waals surface area contributed by atoms with Crippen molar-refractivity contribution in [1.29, 1.82) is 0 Å². The van der Waals surface area contributed by atoms with Gasteiger partial charge >= 0.3 is 5.97 Å². The topological polar surface area (TPSA) is 124 Å². The molecule has 1 N–H and O–H groups in total. The summed E-state index contributed by atoms with van der Waals surface area (Å²) in [4.78, 5) is 70.7. The fraction of sp³-hybridized carbons (Fsp3) is 0.780. The molecule has 4 aliphatic rings. The molecule has 1 saturated carbocycles. The van der Waals surface area contributed by atoms with Crippen LogP contribution in [-0.2, 0) is 33.4 Å². The molecule has 274 valence electrons. The van der Waals surface area contributed by atoms with E-state index < -0.39 is 46.9 Å². The summed E-state index contributed by atoms with van der Waals surface area (Å²) in [6.07, 6.45) is 5.84. The molecule has 0 aromatic carbocycles. The summed E-state index contributed by atoms with van der Waals surface area (Å²) in [7, 11) is 1.32. The van der Waals surface area contributed by atoms with Crippen LogP contribution in [0.2, 0.25) is 0 Å². The number of fused-ring (bicyclic) bond motifs is 6. The predicted octanol–water partition coefficient (Wildman–Crippen LogP) is 7.34. The summed E-state index contributed by atoms with van der Waals surface area (Å²) >= 11 is 0. The second-order valence-corrected chi connectivity index (χ2v) is 16.9. The zero-order valence-corrected chi connectivity index (χ0v) is 31.6. The number of hydrogen-bond acceptors (Lipinski definition) is 8. The van der Waals surface area contributed by atoms with E-state index in [0.717, 1.165) is 36.0 Å². The molecule has 1 saturated heterocycles. The minimum atomic E-state index is -1.59. The monoisotopic (exact) mass is 682 g/mol. The molecular formula is C41H62O8. The highest BCUT2D eigenvalue weighted by atomic mass is 16.5. The Labute approximate surface area is 294 Å². The van der Waals surface area contributed by atoms with Crippen LogP contribution >= 0.6 is 0 Å². The first kappa shape index (κ1) is 39.3. The van der Waals surface area contributed by atoms with Gasteiger partial charge < -0.3 is 14.6 Å². The van der Waals surface area contributed by atoms with Gasteiger partial charge in [0, 0.05) is 61.7 Å². The van der Waals surface area contributed by atoms with Crippen molar-refractivity contribution in [2.45, 2.75) is 150 Å². The van der Waals surface area contributed by atoms with Gasteiger partial charge in [-0.25, -0.2) is 0 Å². The maximum Gasteiger partial charge on any atom is 0.313 e. The van der Waals surface area contributed by atoms with Crippen molar-refractivity contribution in [2.75, 3.05) is 7.11 Å². The van der Waals surface area contributed by atoms with Crippen molar-refractivity contribution < 1.29 is 38.6 Å². The second-order valence-electron chi connectivity index (χ2n) is 16.9. The number of esters is 1. The molecule has 2 heterocycles. The number of carbonyl (C=O) groups is 5. The van der Waals surface area contributed by atoms with E-state index in [0.29, 0.717) is 25.7 Å². The van der Waals surface area contributed by atoms with Gasteiger partial charge in [-0.1, -0.05) is 64.7 Å². The Morgan fingerprint density at radius 1 is 0.898 bits per heavy atom. The Morgan fingerprint density at radius 3 is 2.22 bits per heavy atom. The Bertz CT molecular complexity index is 1350. The van der Waals surface area contributed by atoms with Crippen LogP contribution in [0.25, 0.3) is 0 Å². The molecule has 0 aromatic heterocycles. The maximum atomic E-state index is 14.7. The Morgan fingerprint density at radius 2 is 1.57 bits per heavy atom. The quantitative estimate of drug-likeness (QED) is 0.237. The van der Waals surface area contributed by atoms with E-state index in [2.05, 4.69) is 0 Å². The van der Waals surface area contributed by atoms with Crippen molar-refractivity contribution in [3.63, 3.8) is 0 Å². The summed E-state index contributed by atoms with van der Waals surface area (Å²) in [6, 6.07) is 0. The molecule has 10 atom stereocenters. The first-order valence-electron chi connectivity index (χ1n) is 18.9. The van der Waals surface area contributed by atoms with E-state index in [-0.39, 0.29) is 78.9 Å². The van der Waals surface area contributed by atoms with Gasteiger partial charge in [0.05, 0.1) is 30.3 Å². The fourth-order valence-electron chi connectivity index (χ4n) is 9.28. The zero-order valence-electron chi connectivity index (χ0n) is 31.6. The zero-order chi connectivity index (χ0) is 36.4. The number of Topliss-reactive ketones (excluding diaryl/α,β-unsaturated/α-hetero) is 4. The van der Waals surface area contributed by atoms with Crippen LogP contribution in [0.4, 0.5) is 0 Å². The molecule has 0 unspecified atom stereocenters. The summed E-state index contributed by atoms with van der Waals surface area (Å²) in [5.74, 6) is -3.37. The average molecular weight is 683 g/mol. The molecule has 2 bridgehead atoms. The molecule has 0 spiro atoms. The molecule has 2 aliphatic heterocycles. The summed E-state index contributed by atoms with van der Waals surface area (Å²) in [5.41, 5.74) is -0.123. The van der Waals surface area contributed by atoms with Crippen molar-refractivity contribution in [2.24, 2.45) is 46.8 Å². The van der Waals surface area contributed by atoms with Crippen molar-refractivity contribution in [3.8, 4) is 0 Å². The number of ketones is 4. The Balaban J connectivity index is 1.99. The van der Waals surface area contributed by atoms with Crippen LogP contribution in [0.1, 0.15) is 132 Å². The number of aliphatic hydroxyl groups is 1. The number of allylic oxidation sites excluding steroid dienone is 3. The Hall–Kier alpha value is -2.45. The lowest BCUT2D eigenvalue weighted by molar-refractivity contribution is -0.167. The standard InChI is InChI=1S/C41H62O8/c1-23(2)29-20-33(43)26(5)12-10-11-24(3)18-34(44)30-19-28(7)38-31(41(30,21-35(29)45)39(46)48-9)17-25(4)13-15-32(42)27(6)14-16-37-40(8,47)22-36(38)49-37/h17,23-24,26-27,29-31,36-37,47H,10-16,18-22H2,1-9H3/t24-,26+,27-,29-,30+,31-,36+,37+,40-,41+/m1/s1. The van der Waals surface area contributed by atoms with E-state index in [9.17, 15) is 29.1 Å². The van der Waals surface area contributed by atoms with Gasteiger partial charge in [0.2, 0.25) is 0 Å². The molecule has 2 aliphatic carbocycles. The average Bonchev–Trinajstić information content (AvgIpc) is 3.33. The van der Waals surface area contributed by atoms with Crippen LogP contribution in [0.3, 0.4) is 0 Å². The third-order valence-electron chi connectivity index (χ3n) is 12.6. The van der Waals surface area contributed by atoms with Crippen LogP contribution in [0.15, 0.2) is 22.8 Å². The number of rotatable bonds is 2. The fourth-order valence-corrected chi connectivity index (χ4v) is 9.28. The highest BCUT2D eigenvalue weighted by Crippen LogP contribution is 2.57. The van der Waals surface area contributed by atoms with Crippen molar-refractivity contribution >= 4 is 29.1 Å². The largest absolute Gasteiger partial charge is 0.469 e. The molecule has 8 nitrogen and oxygen atoms in total. The molecule has 8 heteroatoms. The van der Waals surface area contributed by atoms with Crippen LogP contribution in [-0.4, -0.2) is 59.1 Å². The lowest BCUT2D eigenvalue weighted by atomic mass is 9.53. The minimum Gasteiger partial charge on any atom is -0.469 e. The molecule has 2 fully saturated rings. The SMILES string of the molecule is COC(=O)[C@@]12CC(=O)[C@@H](C(C)C)CC(=O)[C@@H](C)CCC[C@@H](C)CC(=O)[C@@H]1CC(C)=C1[C@@H]3C[C@@](C)(O)[C@H](CC[C@@H](C)C(=O)CCC(C)=C[C@H]12)O3. The molecule has 49 heavy (non-hydrogen) atoms. The number of carbonyl (C=O) groups excluding carboxylic acids is 5. The van der Waals surface area contributed by atoms with Gasteiger partial charge in [-0.2, -0.15) is 0 Å². The summed E-state index contributed by atoms with van der Waals surface area (Å²) < 4.78 is 12.3. The van der Waals surface area contributed by atoms with Crippen molar-refractivity contribution in [3.05, 3.63) is 22.8 Å². The lowest BCUT2D eigenvalue weighted by Crippen LogP contribution is -2.54. The Kier molecular flexibility index (Phi) is 12.7.